The molecule has 9 heteroatoms. The number of carbonyl (C=O) groups is 2. The van der Waals surface area contributed by atoms with Crippen LogP contribution >= 0.6 is 0 Å². The van der Waals surface area contributed by atoms with Crippen LogP contribution in [0.1, 0.15) is 33.1 Å². The fraction of sp³-hybridized carbons (Fsp3) is 0.875. The van der Waals surface area contributed by atoms with Crippen LogP contribution < -0.4 is 11.5 Å². The summed E-state index contributed by atoms with van der Waals surface area (Å²) >= 11 is 0. The molecular weight excluding hydrogens is 325 g/mol. The van der Waals surface area contributed by atoms with Gasteiger partial charge in [0.1, 0.15) is 5.54 Å². The molecule has 0 aromatic rings. The van der Waals surface area contributed by atoms with Gasteiger partial charge in [0.2, 0.25) is 5.91 Å². The number of aliphatic carboxylic acids is 1. The summed E-state index contributed by atoms with van der Waals surface area (Å²) < 4.78 is 0. The van der Waals surface area contributed by atoms with E-state index in [1.54, 1.807) is 4.90 Å². The molecule has 0 radical (unpaired) electrons. The molecule has 7 N–H and O–H groups in total. The Bertz CT molecular complexity index is 518. The monoisotopic (exact) mass is 355 g/mol. The lowest BCUT2D eigenvalue weighted by atomic mass is 9.76. The second-order valence-corrected chi connectivity index (χ2v) is 8.00. The van der Waals surface area contributed by atoms with E-state index in [9.17, 15) is 14.7 Å². The smallest absolute Gasteiger partial charge is 0.451 e. The highest BCUT2D eigenvalue weighted by atomic mass is 16.4. The summed E-state index contributed by atoms with van der Waals surface area (Å²) in [4.78, 5) is 26.0. The lowest BCUT2D eigenvalue weighted by Gasteiger charge is -2.32. The number of nitrogens with zero attached hydrogens (tertiary/aromatic N) is 1. The second kappa shape index (κ2) is 7.61. The quantitative estimate of drug-likeness (QED) is 0.371. The molecule has 0 bridgehead atoms. The van der Waals surface area contributed by atoms with Crippen molar-refractivity contribution in [2.24, 2.45) is 35.1 Å². The maximum atomic E-state index is 12.5. The van der Waals surface area contributed by atoms with Crippen molar-refractivity contribution in [3.8, 4) is 0 Å². The minimum atomic E-state index is -1.40. The first-order valence-corrected chi connectivity index (χ1v) is 9.00. The van der Waals surface area contributed by atoms with Crippen molar-refractivity contribution in [1.82, 2.24) is 4.90 Å². The van der Waals surface area contributed by atoms with Crippen LogP contribution in [0.15, 0.2) is 0 Å². The van der Waals surface area contributed by atoms with E-state index in [0.717, 1.165) is 0 Å². The fourth-order valence-corrected chi connectivity index (χ4v) is 4.45. The van der Waals surface area contributed by atoms with Crippen molar-refractivity contribution in [1.29, 1.82) is 0 Å². The Kier molecular flexibility index (Phi) is 6.14. The number of hydrogen-bond donors (Lipinski definition) is 5. The molecule has 142 valence electrons. The van der Waals surface area contributed by atoms with Crippen molar-refractivity contribution in [3.63, 3.8) is 0 Å². The van der Waals surface area contributed by atoms with Gasteiger partial charge in [-0.1, -0.05) is 20.3 Å². The average molecular weight is 355 g/mol. The normalized spacial score (nSPS) is 32.8. The Hall–Kier alpha value is -1.16. The van der Waals surface area contributed by atoms with Gasteiger partial charge < -0.3 is 31.5 Å². The minimum Gasteiger partial charge on any atom is -0.480 e. The summed E-state index contributed by atoms with van der Waals surface area (Å²) in [5.41, 5.74) is 10.9. The zero-order valence-electron chi connectivity index (χ0n) is 15.0. The van der Waals surface area contributed by atoms with Gasteiger partial charge in [-0.25, -0.2) is 0 Å². The molecule has 1 saturated heterocycles. The van der Waals surface area contributed by atoms with E-state index in [1.807, 2.05) is 13.8 Å². The predicted molar refractivity (Wildman–Crippen MR) is 93.3 cm³/mol. The molecule has 1 aliphatic heterocycles. The topological polar surface area (TPSA) is 150 Å². The average Bonchev–Trinajstić information content (AvgIpc) is 3.02. The van der Waals surface area contributed by atoms with Crippen LogP contribution in [0.2, 0.25) is 6.32 Å². The maximum absolute atomic E-state index is 12.5. The molecule has 2 fully saturated rings. The molecule has 0 aromatic carbocycles. The van der Waals surface area contributed by atoms with Crippen LogP contribution in [0.25, 0.3) is 0 Å². The molecule has 8 nitrogen and oxygen atoms in total. The highest BCUT2D eigenvalue weighted by molar-refractivity contribution is 6.40. The third kappa shape index (κ3) is 4.00. The lowest BCUT2D eigenvalue weighted by molar-refractivity contribution is -0.145. The number of carboxylic acid groups (broad SMARTS) is 1. The van der Waals surface area contributed by atoms with Gasteiger partial charge in [0.05, 0.1) is 6.04 Å². The van der Waals surface area contributed by atoms with Gasteiger partial charge in [0, 0.05) is 13.1 Å². The van der Waals surface area contributed by atoms with Gasteiger partial charge in [-0.05, 0) is 42.8 Å². The Morgan fingerprint density at radius 3 is 2.48 bits per heavy atom. The van der Waals surface area contributed by atoms with Crippen molar-refractivity contribution in [3.05, 3.63) is 0 Å². The summed E-state index contributed by atoms with van der Waals surface area (Å²) in [6, 6.07) is -0.552. The largest absolute Gasteiger partial charge is 0.480 e. The predicted octanol–water partition coefficient (Wildman–Crippen LogP) is -0.901. The van der Waals surface area contributed by atoms with Crippen LogP contribution in [0.4, 0.5) is 0 Å². The molecule has 1 aliphatic carbocycles. The number of carbonyl (C=O) groups excluding carboxylic acids is 1. The number of amides is 1. The standard InChI is InChI=1S/C16H30BN3O5/c1-9(2)13(18)14(21)20-7-10-6-16(19,15(22)23)12(11(10)8-20)4-3-5-17(24)25/h9-13,24-25H,3-8,18-19H2,1-2H3,(H,22,23)/t10-,11+,12-,13?,16-/m0/s1. The summed E-state index contributed by atoms with van der Waals surface area (Å²) in [6.45, 7) is 4.77. The third-order valence-corrected chi connectivity index (χ3v) is 5.96. The highest BCUT2D eigenvalue weighted by Gasteiger charge is 2.58. The second-order valence-electron chi connectivity index (χ2n) is 8.00. The summed E-state index contributed by atoms with van der Waals surface area (Å²) in [7, 11) is -1.40. The molecule has 0 spiro atoms. The number of fused-ring (bicyclic) bond motifs is 1. The zero-order chi connectivity index (χ0) is 18.9. The van der Waals surface area contributed by atoms with E-state index in [4.69, 9.17) is 21.5 Å². The SMILES string of the molecule is CC(C)C(N)C(=O)N1C[C@@H]2C[C@@](N)(C(=O)O)[C@@H](CCCB(O)O)[C@@H]2C1. The molecule has 5 atom stereocenters. The first kappa shape index (κ1) is 20.2. The summed E-state index contributed by atoms with van der Waals surface area (Å²) in [6.07, 6.45) is 1.50. The Morgan fingerprint density at radius 2 is 1.96 bits per heavy atom. The van der Waals surface area contributed by atoms with E-state index in [2.05, 4.69) is 0 Å². The number of carboxylic acids is 1. The molecule has 1 heterocycles. The number of nitrogens with two attached hydrogens (primary N) is 2. The number of hydrogen-bond acceptors (Lipinski definition) is 6. The maximum Gasteiger partial charge on any atom is 0.451 e. The Balaban J connectivity index is 2.10. The van der Waals surface area contributed by atoms with Crippen LogP contribution in [0.3, 0.4) is 0 Å². The van der Waals surface area contributed by atoms with Crippen LogP contribution in [-0.2, 0) is 9.59 Å². The molecule has 25 heavy (non-hydrogen) atoms. The van der Waals surface area contributed by atoms with Crippen LogP contribution in [-0.4, -0.2) is 63.7 Å². The first-order chi connectivity index (χ1) is 11.6. The van der Waals surface area contributed by atoms with Gasteiger partial charge in [0.15, 0.2) is 0 Å². The van der Waals surface area contributed by atoms with E-state index < -0.39 is 24.7 Å². The number of likely N-dealkylation sites (tertiary alicyclic amines) is 1. The van der Waals surface area contributed by atoms with Crippen LogP contribution in [0.5, 0.6) is 0 Å². The lowest BCUT2D eigenvalue weighted by Crippen LogP contribution is -2.54. The van der Waals surface area contributed by atoms with Gasteiger partial charge in [-0.3, -0.25) is 9.59 Å². The van der Waals surface area contributed by atoms with Gasteiger partial charge in [-0.2, -0.15) is 0 Å². The molecule has 1 saturated carbocycles. The summed E-state index contributed by atoms with van der Waals surface area (Å²) in [5, 5.41) is 27.7. The molecular formula is C16H30BN3O5. The fourth-order valence-electron chi connectivity index (χ4n) is 4.45. The van der Waals surface area contributed by atoms with Crippen molar-refractivity contribution < 1.29 is 24.7 Å². The molecule has 2 aliphatic rings. The molecule has 1 amide bonds. The van der Waals surface area contributed by atoms with Crippen LogP contribution in [0, 0.1) is 23.7 Å². The van der Waals surface area contributed by atoms with Gasteiger partial charge >= 0.3 is 13.1 Å². The number of rotatable bonds is 7. The van der Waals surface area contributed by atoms with Crippen molar-refractivity contribution in [2.45, 2.75) is 51.0 Å². The Morgan fingerprint density at radius 1 is 1.32 bits per heavy atom. The van der Waals surface area contributed by atoms with E-state index in [-0.39, 0.29) is 35.9 Å². The highest BCUT2D eigenvalue weighted by Crippen LogP contribution is 2.49. The molecule has 1 unspecified atom stereocenters. The van der Waals surface area contributed by atoms with Gasteiger partial charge in [0.25, 0.3) is 0 Å². The van der Waals surface area contributed by atoms with E-state index >= 15 is 0 Å². The van der Waals surface area contributed by atoms with Gasteiger partial charge in [-0.15, -0.1) is 0 Å². The first-order valence-electron chi connectivity index (χ1n) is 9.00. The zero-order valence-corrected chi connectivity index (χ0v) is 15.0. The molecule has 2 rings (SSSR count). The minimum absolute atomic E-state index is 0.0141. The van der Waals surface area contributed by atoms with Crippen molar-refractivity contribution in [2.75, 3.05) is 13.1 Å². The third-order valence-electron chi connectivity index (χ3n) is 5.96. The van der Waals surface area contributed by atoms with E-state index in [1.165, 1.54) is 0 Å². The van der Waals surface area contributed by atoms with Crippen molar-refractivity contribution >= 4 is 19.0 Å². The molecule has 0 aromatic heterocycles. The Labute approximate surface area is 148 Å². The summed E-state index contributed by atoms with van der Waals surface area (Å²) in [5.74, 6) is -1.29. The van der Waals surface area contributed by atoms with E-state index in [0.29, 0.717) is 32.4 Å².